The summed E-state index contributed by atoms with van der Waals surface area (Å²) in [5, 5.41) is 3.25. The van der Waals surface area contributed by atoms with Gasteiger partial charge in [0.05, 0.1) is 7.11 Å². The van der Waals surface area contributed by atoms with Gasteiger partial charge in [0.1, 0.15) is 11.6 Å². The summed E-state index contributed by atoms with van der Waals surface area (Å²) in [7, 11) is 3.40. The molecular formula is C19H27N5O2. The van der Waals surface area contributed by atoms with Crippen LogP contribution in [-0.2, 0) is 4.74 Å². The Balaban J connectivity index is 1.54. The molecule has 1 aliphatic heterocycles. The number of hydrogen-bond donors (Lipinski definition) is 1. The number of nitrogens with one attached hydrogen (secondary N) is 1. The Morgan fingerprint density at radius 3 is 2.42 bits per heavy atom. The molecule has 0 bridgehead atoms. The maximum atomic E-state index is 5.23. The molecule has 1 aliphatic rings. The highest BCUT2D eigenvalue weighted by atomic mass is 16.5. The van der Waals surface area contributed by atoms with Crippen LogP contribution in [0, 0.1) is 0 Å². The number of hydrogen-bond acceptors (Lipinski definition) is 7. The van der Waals surface area contributed by atoms with E-state index < -0.39 is 0 Å². The maximum absolute atomic E-state index is 5.23. The first-order valence-corrected chi connectivity index (χ1v) is 9.00. The van der Waals surface area contributed by atoms with Gasteiger partial charge in [-0.2, -0.15) is 4.98 Å². The van der Waals surface area contributed by atoms with Crippen LogP contribution in [0.4, 0.5) is 17.5 Å². The molecule has 0 unspecified atom stereocenters. The normalized spacial score (nSPS) is 14.4. The number of rotatable bonds is 8. The number of piperazine rings is 1. The first kappa shape index (κ1) is 18.3. The summed E-state index contributed by atoms with van der Waals surface area (Å²) in [6.07, 6.45) is 2.75. The predicted octanol–water partition coefficient (Wildman–Crippen LogP) is 2.26. The Labute approximate surface area is 155 Å². The summed E-state index contributed by atoms with van der Waals surface area (Å²) < 4.78 is 10.3. The van der Waals surface area contributed by atoms with Crippen LogP contribution >= 0.6 is 0 Å². The summed E-state index contributed by atoms with van der Waals surface area (Å²) >= 11 is 0. The topological polar surface area (TPSA) is 62.8 Å². The molecule has 140 valence electrons. The first-order valence-electron chi connectivity index (χ1n) is 9.00. The van der Waals surface area contributed by atoms with Gasteiger partial charge in [0.15, 0.2) is 0 Å². The Kier molecular flexibility index (Phi) is 6.49. The standard InChI is InChI=1S/C19H27N5O2/c1-25-15-3-9-20-19-21-10-8-18(22-19)24-13-11-23(12-14-24)16-4-6-17(26-2)7-5-16/h4-8,10H,3,9,11-15H2,1-2H3,(H,20,21,22). The lowest BCUT2D eigenvalue weighted by atomic mass is 10.2. The molecule has 0 saturated carbocycles. The van der Waals surface area contributed by atoms with E-state index in [-0.39, 0.29) is 0 Å². The number of ether oxygens (including phenoxy) is 2. The SMILES string of the molecule is COCCCNc1nccc(N2CCN(c3ccc(OC)cc3)CC2)n1. The van der Waals surface area contributed by atoms with Crippen molar-refractivity contribution in [3.05, 3.63) is 36.5 Å². The van der Waals surface area contributed by atoms with E-state index in [0.29, 0.717) is 5.95 Å². The van der Waals surface area contributed by atoms with E-state index in [1.807, 2.05) is 24.4 Å². The van der Waals surface area contributed by atoms with Crippen molar-refractivity contribution in [1.82, 2.24) is 9.97 Å². The van der Waals surface area contributed by atoms with Gasteiger partial charge in [-0.3, -0.25) is 0 Å². The van der Waals surface area contributed by atoms with Gasteiger partial charge in [0, 0.05) is 58.3 Å². The fraction of sp³-hybridized carbons (Fsp3) is 0.474. The minimum Gasteiger partial charge on any atom is -0.497 e. The third-order valence-corrected chi connectivity index (χ3v) is 4.49. The van der Waals surface area contributed by atoms with Crippen LogP contribution in [0.3, 0.4) is 0 Å². The van der Waals surface area contributed by atoms with E-state index >= 15 is 0 Å². The van der Waals surface area contributed by atoms with Crippen LogP contribution in [0.15, 0.2) is 36.5 Å². The number of anilines is 3. The Morgan fingerprint density at radius 1 is 1.00 bits per heavy atom. The smallest absolute Gasteiger partial charge is 0.224 e. The first-order chi connectivity index (χ1) is 12.8. The van der Waals surface area contributed by atoms with Gasteiger partial charge >= 0.3 is 0 Å². The van der Waals surface area contributed by atoms with Crippen molar-refractivity contribution in [2.45, 2.75) is 6.42 Å². The lowest BCUT2D eigenvalue weighted by molar-refractivity contribution is 0.197. The quantitative estimate of drug-likeness (QED) is 0.727. The Hall–Kier alpha value is -2.54. The zero-order valence-corrected chi connectivity index (χ0v) is 15.5. The molecule has 3 rings (SSSR count). The molecule has 0 amide bonds. The second-order valence-corrected chi connectivity index (χ2v) is 6.18. The lowest BCUT2D eigenvalue weighted by Gasteiger charge is -2.36. The second-order valence-electron chi connectivity index (χ2n) is 6.18. The number of benzene rings is 1. The molecule has 0 radical (unpaired) electrons. The molecule has 2 heterocycles. The van der Waals surface area contributed by atoms with Crippen LogP contribution in [0.5, 0.6) is 5.75 Å². The van der Waals surface area contributed by atoms with E-state index in [0.717, 1.165) is 57.3 Å². The van der Waals surface area contributed by atoms with Crippen molar-refractivity contribution in [1.29, 1.82) is 0 Å². The molecule has 7 nitrogen and oxygen atoms in total. The zero-order chi connectivity index (χ0) is 18.2. The Morgan fingerprint density at radius 2 is 1.73 bits per heavy atom. The molecule has 1 aromatic carbocycles. The number of aromatic nitrogens is 2. The minimum atomic E-state index is 0.677. The van der Waals surface area contributed by atoms with Crippen molar-refractivity contribution in [2.75, 3.05) is 68.7 Å². The van der Waals surface area contributed by atoms with Gasteiger partial charge < -0.3 is 24.6 Å². The van der Waals surface area contributed by atoms with Gasteiger partial charge in [0.25, 0.3) is 0 Å². The van der Waals surface area contributed by atoms with Crippen molar-refractivity contribution < 1.29 is 9.47 Å². The van der Waals surface area contributed by atoms with Crippen molar-refractivity contribution >= 4 is 17.5 Å². The highest BCUT2D eigenvalue weighted by Gasteiger charge is 2.18. The summed E-state index contributed by atoms with van der Waals surface area (Å²) in [6, 6.07) is 10.2. The second kappa shape index (κ2) is 9.24. The largest absolute Gasteiger partial charge is 0.497 e. The third kappa shape index (κ3) is 4.76. The summed E-state index contributed by atoms with van der Waals surface area (Å²) in [5.41, 5.74) is 1.23. The molecule has 0 aliphatic carbocycles. The van der Waals surface area contributed by atoms with Gasteiger partial charge in [-0.05, 0) is 36.8 Å². The molecule has 26 heavy (non-hydrogen) atoms. The minimum absolute atomic E-state index is 0.677. The Bertz CT molecular complexity index is 672. The molecule has 1 fully saturated rings. The predicted molar refractivity (Wildman–Crippen MR) is 104 cm³/mol. The average Bonchev–Trinajstić information content (AvgIpc) is 2.72. The van der Waals surface area contributed by atoms with E-state index in [2.05, 4.69) is 37.2 Å². The van der Waals surface area contributed by atoms with Gasteiger partial charge in [-0.25, -0.2) is 4.98 Å². The molecule has 0 spiro atoms. The van der Waals surface area contributed by atoms with E-state index in [1.54, 1.807) is 14.2 Å². The van der Waals surface area contributed by atoms with Gasteiger partial charge in [-0.15, -0.1) is 0 Å². The van der Waals surface area contributed by atoms with Gasteiger partial charge in [-0.1, -0.05) is 0 Å². The van der Waals surface area contributed by atoms with Crippen molar-refractivity contribution in [2.24, 2.45) is 0 Å². The fourth-order valence-corrected chi connectivity index (χ4v) is 3.01. The van der Waals surface area contributed by atoms with Gasteiger partial charge in [0.2, 0.25) is 5.95 Å². The molecule has 2 aromatic rings. The van der Waals surface area contributed by atoms with Crippen molar-refractivity contribution in [3.63, 3.8) is 0 Å². The van der Waals surface area contributed by atoms with Crippen molar-refractivity contribution in [3.8, 4) is 5.75 Å². The molecule has 7 heteroatoms. The van der Waals surface area contributed by atoms with Crippen LogP contribution < -0.4 is 19.9 Å². The van der Waals surface area contributed by atoms with E-state index in [9.17, 15) is 0 Å². The lowest BCUT2D eigenvalue weighted by Crippen LogP contribution is -2.46. The molecule has 1 N–H and O–H groups in total. The molecule has 0 atom stereocenters. The van der Waals surface area contributed by atoms with Crippen LogP contribution in [0.2, 0.25) is 0 Å². The highest BCUT2D eigenvalue weighted by molar-refractivity contribution is 5.51. The number of methoxy groups -OCH3 is 2. The maximum Gasteiger partial charge on any atom is 0.224 e. The van der Waals surface area contributed by atoms with E-state index in [4.69, 9.17) is 9.47 Å². The molecule has 1 aromatic heterocycles. The van der Waals surface area contributed by atoms with E-state index in [1.165, 1.54) is 5.69 Å². The molecular weight excluding hydrogens is 330 g/mol. The summed E-state index contributed by atoms with van der Waals surface area (Å²) in [4.78, 5) is 13.6. The summed E-state index contributed by atoms with van der Waals surface area (Å²) in [6.45, 7) is 5.35. The fourth-order valence-electron chi connectivity index (χ4n) is 3.01. The van der Waals surface area contributed by atoms with Crippen LogP contribution in [0.25, 0.3) is 0 Å². The third-order valence-electron chi connectivity index (χ3n) is 4.49. The number of nitrogens with zero attached hydrogens (tertiary/aromatic N) is 4. The van der Waals surface area contributed by atoms with Crippen LogP contribution in [0.1, 0.15) is 6.42 Å². The monoisotopic (exact) mass is 357 g/mol. The zero-order valence-electron chi connectivity index (χ0n) is 15.5. The molecule has 1 saturated heterocycles. The van der Waals surface area contributed by atoms with Crippen LogP contribution in [-0.4, -0.2) is 63.5 Å². The highest BCUT2D eigenvalue weighted by Crippen LogP contribution is 2.22. The average molecular weight is 357 g/mol. The summed E-state index contributed by atoms with van der Waals surface area (Å²) in [5.74, 6) is 2.54.